The van der Waals surface area contributed by atoms with E-state index < -0.39 is 0 Å². The van der Waals surface area contributed by atoms with E-state index in [1.165, 1.54) is 25.7 Å². The number of benzene rings is 1. The molecule has 0 saturated heterocycles. The monoisotopic (exact) mass is 235 g/mol. The van der Waals surface area contributed by atoms with E-state index in [9.17, 15) is 4.39 Å². The highest BCUT2D eigenvalue weighted by Crippen LogP contribution is 2.50. The molecule has 1 saturated carbocycles. The molecule has 17 heavy (non-hydrogen) atoms. The van der Waals surface area contributed by atoms with E-state index in [4.69, 9.17) is 0 Å². The standard InChI is InChI=1S/C15H22FN/c1-3-15(10-6-7-11-15)14(17-2)12-8-4-5-9-13(12)16/h4-5,8-9,14,17H,3,6-7,10-11H2,1-2H3. The summed E-state index contributed by atoms with van der Waals surface area (Å²) >= 11 is 0. The Kier molecular flexibility index (Phi) is 3.82. The van der Waals surface area contributed by atoms with Crippen molar-refractivity contribution in [3.63, 3.8) is 0 Å². The van der Waals surface area contributed by atoms with Crippen LogP contribution < -0.4 is 5.32 Å². The summed E-state index contributed by atoms with van der Waals surface area (Å²) in [5, 5.41) is 3.35. The first-order chi connectivity index (χ1) is 8.23. The van der Waals surface area contributed by atoms with Crippen molar-refractivity contribution in [1.82, 2.24) is 5.32 Å². The lowest BCUT2D eigenvalue weighted by atomic mass is 9.73. The van der Waals surface area contributed by atoms with E-state index >= 15 is 0 Å². The number of halogens is 1. The number of nitrogens with one attached hydrogen (secondary N) is 1. The SMILES string of the molecule is CCC1(C(NC)c2ccccc2F)CCCC1. The average Bonchev–Trinajstić information content (AvgIpc) is 2.82. The zero-order valence-corrected chi connectivity index (χ0v) is 10.8. The van der Waals surface area contributed by atoms with Crippen molar-refractivity contribution in [2.24, 2.45) is 5.41 Å². The molecular formula is C15H22FN. The van der Waals surface area contributed by atoms with Crippen LogP contribution in [0.3, 0.4) is 0 Å². The molecule has 1 aromatic rings. The zero-order chi connectivity index (χ0) is 12.3. The molecule has 0 aliphatic heterocycles. The molecule has 1 aliphatic rings. The average molecular weight is 235 g/mol. The van der Waals surface area contributed by atoms with E-state index in [2.05, 4.69) is 12.2 Å². The molecule has 1 aromatic carbocycles. The largest absolute Gasteiger partial charge is 0.312 e. The summed E-state index contributed by atoms with van der Waals surface area (Å²) in [5.41, 5.74) is 1.08. The number of hydrogen-bond donors (Lipinski definition) is 1. The van der Waals surface area contributed by atoms with Crippen molar-refractivity contribution < 1.29 is 4.39 Å². The second-order valence-corrected chi connectivity index (χ2v) is 5.17. The third kappa shape index (κ3) is 2.23. The van der Waals surface area contributed by atoms with E-state index in [1.807, 2.05) is 19.2 Å². The highest BCUT2D eigenvalue weighted by Gasteiger charge is 2.40. The lowest BCUT2D eigenvalue weighted by Crippen LogP contribution is -2.34. The van der Waals surface area contributed by atoms with Crippen molar-refractivity contribution >= 4 is 0 Å². The third-order valence-corrected chi connectivity index (χ3v) is 4.42. The molecule has 0 amide bonds. The van der Waals surface area contributed by atoms with Gasteiger partial charge in [-0.05, 0) is 37.8 Å². The van der Waals surface area contributed by atoms with Crippen LogP contribution in [0.2, 0.25) is 0 Å². The predicted octanol–water partition coefficient (Wildman–Crippen LogP) is 4.06. The van der Waals surface area contributed by atoms with Gasteiger partial charge in [0.05, 0.1) is 0 Å². The van der Waals surface area contributed by atoms with E-state index in [0.29, 0.717) is 0 Å². The van der Waals surface area contributed by atoms with E-state index in [1.54, 1.807) is 12.1 Å². The van der Waals surface area contributed by atoms with Gasteiger partial charge >= 0.3 is 0 Å². The molecule has 2 rings (SSSR count). The first-order valence-electron chi connectivity index (χ1n) is 6.65. The molecule has 0 aromatic heterocycles. The predicted molar refractivity (Wildman–Crippen MR) is 69.4 cm³/mol. The van der Waals surface area contributed by atoms with Gasteiger partial charge in [0.15, 0.2) is 0 Å². The lowest BCUT2D eigenvalue weighted by Gasteiger charge is -2.37. The van der Waals surface area contributed by atoms with Gasteiger partial charge in [0.2, 0.25) is 0 Å². The molecule has 0 bridgehead atoms. The van der Waals surface area contributed by atoms with Gasteiger partial charge in [-0.1, -0.05) is 38.0 Å². The van der Waals surface area contributed by atoms with E-state index in [0.717, 1.165) is 12.0 Å². The minimum Gasteiger partial charge on any atom is -0.312 e. The number of rotatable bonds is 4. The summed E-state index contributed by atoms with van der Waals surface area (Å²) in [5.74, 6) is -0.0772. The lowest BCUT2D eigenvalue weighted by molar-refractivity contribution is 0.191. The first kappa shape index (κ1) is 12.6. The molecule has 1 nitrogen and oxygen atoms in total. The summed E-state index contributed by atoms with van der Waals surface area (Å²) in [7, 11) is 1.95. The van der Waals surface area contributed by atoms with Crippen LogP contribution in [-0.4, -0.2) is 7.05 Å². The third-order valence-electron chi connectivity index (χ3n) is 4.42. The second kappa shape index (κ2) is 5.18. The van der Waals surface area contributed by atoms with Crippen LogP contribution in [0.4, 0.5) is 4.39 Å². The van der Waals surface area contributed by atoms with Crippen LogP contribution >= 0.6 is 0 Å². The summed E-state index contributed by atoms with van der Waals surface area (Å²) < 4.78 is 13.9. The minimum atomic E-state index is -0.0772. The van der Waals surface area contributed by atoms with Crippen molar-refractivity contribution in [2.75, 3.05) is 7.05 Å². The van der Waals surface area contributed by atoms with Crippen LogP contribution in [0.15, 0.2) is 24.3 Å². The molecule has 0 heterocycles. The van der Waals surface area contributed by atoms with Gasteiger partial charge in [-0.25, -0.2) is 4.39 Å². The normalized spacial score (nSPS) is 20.4. The van der Waals surface area contributed by atoms with Crippen LogP contribution in [-0.2, 0) is 0 Å². The Morgan fingerprint density at radius 1 is 1.29 bits per heavy atom. The van der Waals surface area contributed by atoms with Crippen molar-refractivity contribution in [3.8, 4) is 0 Å². The topological polar surface area (TPSA) is 12.0 Å². The maximum absolute atomic E-state index is 13.9. The van der Waals surface area contributed by atoms with Crippen LogP contribution in [0.1, 0.15) is 50.6 Å². The van der Waals surface area contributed by atoms with Crippen LogP contribution in [0.5, 0.6) is 0 Å². The van der Waals surface area contributed by atoms with Gasteiger partial charge in [-0.15, -0.1) is 0 Å². The Labute approximate surface area is 103 Å². The molecule has 2 heteroatoms. The molecular weight excluding hydrogens is 213 g/mol. The Hall–Kier alpha value is -0.890. The fraction of sp³-hybridized carbons (Fsp3) is 0.600. The molecule has 94 valence electrons. The van der Waals surface area contributed by atoms with Gasteiger partial charge in [0.1, 0.15) is 5.82 Å². The molecule has 1 unspecified atom stereocenters. The smallest absolute Gasteiger partial charge is 0.127 e. The van der Waals surface area contributed by atoms with Crippen LogP contribution in [0, 0.1) is 11.2 Å². The summed E-state index contributed by atoms with van der Waals surface area (Å²) in [6.07, 6.45) is 6.10. The maximum atomic E-state index is 13.9. The molecule has 1 N–H and O–H groups in total. The fourth-order valence-electron chi connectivity index (χ4n) is 3.43. The maximum Gasteiger partial charge on any atom is 0.127 e. The molecule has 1 aliphatic carbocycles. The van der Waals surface area contributed by atoms with Gasteiger partial charge < -0.3 is 5.32 Å². The van der Waals surface area contributed by atoms with Gasteiger partial charge in [-0.2, -0.15) is 0 Å². The Morgan fingerprint density at radius 3 is 2.47 bits per heavy atom. The summed E-state index contributed by atoms with van der Waals surface area (Å²) in [6, 6.07) is 7.33. The highest BCUT2D eigenvalue weighted by molar-refractivity contribution is 5.24. The molecule has 1 atom stereocenters. The van der Waals surface area contributed by atoms with Gasteiger partial charge in [-0.3, -0.25) is 0 Å². The molecule has 0 spiro atoms. The molecule has 1 fully saturated rings. The van der Waals surface area contributed by atoms with Gasteiger partial charge in [0, 0.05) is 11.6 Å². The Morgan fingerprint density at radius 2 is 1.94 bits per heavy atom. The zero-order valence-electron chi connectivity index (χ0n) is 10.8. The van der Waals surface area contributed by atoms with E-state index in [-0.39, 0.29) is 17.3 Å². The van der Waals surface area contributed by atoms with Crippen molar-refractivity contribution in [1.29, 1.82) is 0 Å². The highest BCUT2D eigenvalue weighted by atomic mass is 19.1. The summed E-state index contributed by atoms with van der Waals surface area (Å²) in [6.45, 7) is 2.23. The Bertz CT molecular complexity index is 369. The molecule has 0 radical (unpaired) electrons. The quantitative estimate of drug-likeness (QED) is 0.830. The Balaban J connectivity index is 2.36. The second-order valence-electron chi connectivity index (χ2n) is 5.17. The summed E-state index contributed by atoms with van der Waals surface area (Å²) in [4.78, 5) is 0. The first-order valence-corrected chi connectivity index (χ1v) is 6.65. The minimum absolute atomic E-state index is 0.0772. The van der Waals surface area contributed by atoms with Crippen LogP contribution in [0.25, 0.3) is 0 Å². The fourth-order valence-corrected chi connectivity index (χ4v) is 3.43. The number of hydrogen-bond acceptors (Lipinski definition) is 1. The van der Waals surface area contributed by atoms with Gasteiger partial charge in [0.25, 0.3) is 0 Å². The van der Waals surface area contributed by atoms with Crippen molar-refractivity contribution in [2.45, 2.75) is 45.1 Å². The van der Waals surface area contributed by atoms with Crippen molar-refractivity contribution in [3.05, 3.63) is 35.6 Å².